The molecule has 2 unspecified atom stereocenters. The maximum Gasteiger partial charge on any atom is 0.230 e. The topological polar surface area (TPSA) is 102 Å². The van der Waals surface area contributed by atoms with Crippen LogP contribution in [0.2, 0.25) is 0 Å². The van der Waals surface area contributed by atoms with Crippen LogP contribution in [0.4, 0.5) is 5.69 Å². The first-order chi connectivity index (χ1) is 14.8. The second-order valence-corrected chi connectivity index (χ2v) is 9.31. The van der Waals surface area contributed by atoms with Crippen LogP contribution in [0, 0.1) is 5.92 Å². The summed E-state index contributed by atoms with van der Waals surface area (Å²) < 4.78 is 6.90. The Balaban J connectivity index is 1.57. The average molecular weight is 427 g/mol. The van der Waals surface area contributed by atoms with E-state index in [1.807, 2.05) is 31.9 Å². The van der Waals surface area contributed by atoms with Gasteiger partial charge < -0.3 is 15.0 Å². The Hall–Kier alpha value is -2.81. The molecule has 0 spiro atoms. The number of hydrogen-bond donors (Lipinski definition) is 1. The van der Waals surface area contributed by atoms with E-state index in [4.69, 9.17) is 4.74 Å². The van der Waals surface area contributed by atoms with Gasteiger partial charge in [-0.3, -0.25) is 14.3 Å². The zero-order valence-corrected chi connectivity index (χ0v) is 18.5. The number of carbonyl (C=O) groups is 2. The number of anilines is 1. The van der Waals surface area contributed by atoms with Crippen molar-refractivity contribution in [1.82, 2.24) is 24.6 Å². The third-order valence-electron chi connectivity index (χ3n) is 5.78. The van der Waals surface area contributed by atoms with E-state index in [2.05, 4.69) is 20.4 Å². The van der Waals surface area contributed by atoms with Crippen molar-refractivity contribution in [2.24, 2.45) is 5.92 Å². The molecule has 0 radical (unpaired) electrons. The normalized spacial score (nSPS) is 21.5. The Bertz CT molecular complexity index is 945. The summed E-state index contributed by atoms with van der Waals surface area (Å²) in [6, 6.07) is -0.393. The predicted molar refractivity (Wildman–Crippen MR) is 114 cm³/mol. The lowest BCUT2D eigenvalue weighted by Crippen LogP contribution is -2.44. The molecule has 4 rings (SSSR count). The van der Waals surface area contributed by atoms with Crippen LogP contribution < -0.4 is 5.32 Å². The molecule has 2 aliphatic rings. The van der Waals surface area contributed by atoms with Crippen LogP contribution in [0.25, 0.3) is 0 Å². The Morgan fingerprint density at radius 2 is 1.94 bits per heavy atom. The minimum absolute atomic E-state index is 0.0392. The predicted octanol–water partition coefficient (Wildman–Crippen LogP) is 2.52. The first kappa shape index (κ1) is 21.4. The van der Waals surface area contributed by atoms with Crippen LogP contribution in [0.15, 0.2) is 24.8 Å². The molecular weight excluding hydrogens is 396 g/mol. The van der Waals surface area contributed by atoms with Gasteiger partial charge in [0, 0.05) is 36.7 Å². The van der Waals surface area contributed by atoms with Crippen LogP contribution in [0.1, 0.15) is 63.4 Å². The van der Waals surface area contributed by atoms with E-state index in [1.165, 1.54) is 0 Å². The van der Waals surface area contributed by atoms with Gasteiger partial charge in [0.05, 0.1) is 49.4 Å². The number of hydrogen-bond acceptors (Lipinski definition) is 6. The van der Waals surface area contributed by atoms with E-state index in [0.717, 1.165) is 24.2 Å². The highest BCUT2D eigenvalue weighted by Crippen LogP contribution is 2.43. The minimum atomic E-state index is -0.532. The average Bonchev–Trinajstić information content (AvgIpc) is 3.35. The largest absolute Gasteiger partial charge is 0.383 e. The SMILES string of the molecule is COCCn1cc(C2C(C(=O)Nc3cnc(C4CC4)nc3)CC(=O)N2C(C)(C)C)cn1. The highest BCUT2D eigenvalue weighted by atomic mass is 16.5. The molecule has 1 N–H and O–H groups in total. The van der Waals surface area contributed by atoms with E-state index in [0.29, 0.717) is 24.8 Å². The number of nitrogens with zero attached hydrogens (tertiary/aromatic N) is 5. The number of ether oxygens (including phenoxy) is 1. The summed E-state index contributed by atoms with van der Waals surface area (Å²) in [5, 5.41) is 7.31. The van der Waals surface area contributed by atoms with Gasteiger partial charge in [0.25, 0.3) is 0 Å². The fraction of sp³-hybridized carbons (Fsp3) is 0.591. The Labute approximate surface area is 182 Å². The number of nitrogens with one attached hydrogen (secondary N) is 1. The van der Waals surface area contributed by atoms with Crippen LogP contribution >= 0.6 is 0 Å². The lowest BCUT2D eigenvalue weighted by Gasteiger charge is -2.38. The van der Waals surface area contributed by atoms with Gasteiger partial charge in [-0.05, 0) is 33.6 Å². The summed E-state index contributed by atoms with van der Waals surface area (Å²) in [5.74, 6) is 0.501. The van der Waals surface area contributed by atoms with Crippen LogP contribution in [0.5, 0.6) is 0 Å². The van der Waals surface area contributed by atoms with Gasteiger partial charge in [0.2, 0.25) is 11.8 Å². The summed E-state index contributed by atoms with van der Waals surface area (Å²) >= 11 is 0. The second-order valence-electron chi connectivity index (χ2n) is 9.31. The smallest absolute Gasteiger partial charge is 0.230 e. The molecule has 2 atom stereocenters. The fourth-order valence-electron chi connectivity index (χ4n) is 4.17. The second kappa shape index (κ2) is 8.37. The summed E-state index contributed by atoms with van der Waals surface area (Å²) in [6.07, 6.45) is 9.33. The standard InChI is InChI=1S/C22H30N6O3/c1-22(2,3)28-18(29)9-17(19(28)15-10-25-27(13-15)7-8-31-4)21(30)26-16-11-23-20(24-12-16)14-5-6-14/h10-14,17,19H,5-9H2,1-4H3,(H,26,30). The number of likely N-dealkylation sites (tertiary alicyclic amines) is 1. The van der Waals surface area contributed by atoms with Crippen LogP contribution in [0.3, 0.4) is 0 Å². The van der Waals surface area contributed by atoms with Crippen molar-refractivity contribution in [3.8, 4) is 0 Å². The van der Waals surface area contributed by atoms with Crippen LogP contribution in [-0.2, 0) is 20.9 Å². The van der Waals surface area contributed by atoms with Gasteiger partial charge in [0.1, 0.15) is 5.82 Å². The van der Waals surface area contributed by atoms with Crippen molar-refractivity contribution < 1.29 is 14.3 Å². The third kappa shape index (κ3) is 4.61. The first-order valence-electron chi connectivity index (χ1n) is 10.7. The van der Waals surface area contributed by atoms with Crippen molar-refractivity contribution in [1.29, 1.82) is 0 Å². The Morgan fingerprint density at radius 3 is 2.55 bits per heavy atom. The van der Waals surface area contributed by atoms with E-state index in [9.17, 15) is 9.59 Å². The number of carbonyl (C=O) groups excluding carboxylic acids is 2. The Kier molecular flexibility index (Phi) is 5.79. The molecule has 2 amide bonds. The number of rotatable bonds is 7. The molecule has 0 aromatic carbocycles. The molecule has 1 aliphatic heterocycles. The molecule has 2 aromatic heterocycles. The fourth-order valence-corrected chi connectivity index (χ4v) is 4.17. The van der Waals surface area contributed by atoms with Crippen molar-refractivity contribution >= 4 is 17.5 Å². The van der Waals surface area contributed by atoms with Gasteiger partial charge in [-0.2, -0.15) is 5.10 Å². The van der Waals surface area contributed by atoms with Gasteiger partial charge >= 0.3 is 0 Å². The highest BCUT2D eigenvalue weighted by Gasteiger charge is 2.49. The van der Waals surface area contributed by atoms with E-state index >= 15 is 0 Å². The van der Waals surface area contributed by atoms with Gasteiger partial charge in [-0.25, -0.2) is 9.97 Å². The third-order valence-corrected chi connectivity index (χ3v) is 5.78. The monoisotopic (exact) mass is 426 g/mol. The molecule has 1 saturated carbocycles. The molecule has 3 heterocycles. The van der Waals surface area contributed by atoms with Crippen molar-refractivity contribution in [2.75, 3.05) is 19.0 Å². The maximum atomic E-state index is 13.2. The quantitative estimate of drug-likeness (QED) is 0.730. The number of amides is 2. The number of methoxy groups -OCH3 is 1. The lowest BCUT2D eigenvalue weighted by molar-refractivity contribution is -0.133. The summed E-state index contributed by atoms with van der Waals surface area (Å²) in [5.41, 5.74) is 0.962. The summed E-state index contributed by atoms with van der Waals surface area (Å²) in [4.78, 5) is 36.7. The zero-order valence-electron chi connectivity index (χ0n) is 18.5. The van der Waals surface area contributed by atoms with Crippen LogP contribution in [-0.4, -0.2) is 55.7 Å². The minimum Gasteiger partial charge on any atom is -0.383 e. The Morgan fingerprint density at radius 1 is 1.23 bits per heavy atom. The van der Waals surface area contributed by atoms with Gasteiger partial charge in [-0.1, -0.05) is 0 Å². The molecule has 9 nitrogen and oxygen atoms in total. The van der Waals surface area contributed by atoms with E-state index in [1.54, 1.807) is 30.4 Å². The molecule has 2 aromatic rings. The summed E-state index contributed by atoms with van der Waals surface area (Å²) in [6.45, 7) is 7.09. The highest BCUT2D eigenvalue weighted by molar-refractivity contribution is 5.98. The lowest BCUT2D eigenvalue weighted by atomic mass is 9.92. The molecule has 31 heavy (non-hydrogen) atoms. The van der Waals surface area contributed by atoms with E-state index in [-0.39, 0.29) is 18.2 Å². The van der Waals surface area contributed by atoms with Crippen molar-refractivity contribution in [2.45, 2.75) is 64.1 Å². The molecule has 166 valence electrons. The van der Waals surface area contributed by atoms with E-state index < -0.39 is 17.5 Å². The van der Waals surface area contributed by atoms with Gasteiger partial charge in [-0.15, -0.1) is 0 Å². The maximum absolute atomic E-state index is 13.2. The van der Waals surface area contributed by atoms with Gasteiger partial charge in [0.15, 0.2) is 0 Å². The molecule has 2 fully saturated rings. The molecule has 1 aliphatic carbocycles. The molecular formula is C22H30N6O3. The molecule has 0 bridgehead atoms. The molecule has 9 heteroatoms. The first-order valence-corrected chi connectivity index (χ1v) is 10.7. The number of aromatic nitrogens is 4. The zero-order chi connectivity index (χ0) is 22.2. The summed E-state index contributed by atoms with van der Waals surface area (Å²) in [7, 11) is 1.64. The molecule has 1 saturated heterocycles. The van der Waals surface area contributed by atoms with Crippen molar-refractivity contribution in [3.05, 3.63) is 36.2 Å². The van der Waals surface area contributed by atoms with Crippen molar-refractivity contribution in [3.63, 3.8) is 0 Å².